The Kier molecular flexibility index (Phi) is 68.7. The van der Waals surface area contributed by atoms with Crippen LogP contribution in [0, 0.1) is 23.7 Å². The number of rotatable bonds is 78. The van der Waals surface area contributed by atoms with Gasteiger partial charge in [-0.3, -0.25) is 37.3 Å². The number of aliphatic hydroxyl groups excluding tert-OH is 1. The number of esters is 4. The van der Waals surface area contributed by atoms with Crippen molar-refractivity contribution in [1.82, 2.24) is 0 Å². The molecule has 7 atom stereocenters. The molecule has 0 aromatic rings. The van der Waals surface area contributed by atoms with E-state index in [1.807, 2.05) is 0 Å². The van der Waals surface area contributed by atoms with Gasteiger partial charge in [-0.15, -0.1) is 0 Å². The Hall–Kier alpha value is -1.94. The minimum Gasteiger partial charge on any atom is -0.462 e. The Morgan fingerprint density at radius 2 is 0.480 bits per heavy atom. The highest BCUT2D eigenvalue weighted by atomic mass is 31.2. The molecule has 0 aliphatic rings. The minimum atomic E-state index is -4.96. The average molecular weight is 1470 g/mol. The van der Waals surface area contributed by atoms with E-state index in [0.29, 0.717) is 31.6 Å². The van der Waals surface area contributed by atoms with Crippen molar-refractivity contribution in [2.75, 3.05) is 39.6 Å². The van der Waals surface area contributed by atoms with Crippen molar-refractivity contribution in [2.45, 2.75) is 433 Å². The first-order valence-electron chi connectivity index (χ1n) is 41.8. The van der Waals surface area contributed by atoms with Crippen LogP contribution >= 0.6 is 15.6 Å². The number of phosphoric ester groups is 2. The second-order valence-corrected chi connectivity index (χ2v) is 33.5. The van der Waals surface area contributed by atoms with E-state index in [1.165, 1.54) is 205 Å². The summed E-state index contributed by atoms with van der Waals surface area (Å²) in [5.74, 6) is 0.992. The van der Waals surface area contributed by atoms with Gasteiger partial charge in [0.15, 0.2) is 12.2 Å². The van der Waals surface area contributed by atoms with Gasteiger partial charge in [0.25, 0.3) is 0 Å². The van der Waals surface area contributed by atoms with Gasteiger partial charge in [0.2, 0.25) is 0 Å². The molecule has 0 bridgehead atoms. The predicted molar refractivity (Wildman–Crippen MR) is 409 cm³/mol. The van der Waals surface area contributed by atoms with Gasteiger partial charge < -0.3 is 33.8 Å². The first kappa shape index (κ1) is 98.1. The Bertz CT molecular complexity index is 1960. The molecule has 0 aromatic carbocycles. The van der Waals surface area contributed by atoms with Crippen LogP contribution in [0.4, 0.5) is 0 Å². The number of hydrogen-bond acceptors (Lipinski definition) is 15. The molecule has 0 saturated carbocycles. The quantitative estimate of drug-likeness (QED) is 0.0222. The van der Waals surface area contributed by atoms with Crippen molar-refractivity contribution in [2.24, 2.45) is 23.7 Å². The third-order valence-electron chi connectivity index (χ3n) is 19.5. The average Bonchev–Trinajstić information content (AvgIpc) is 0.931. The summed E-state index contributed by atoms with van der Waals surface area (Å²) in [6.45, 7) is 14.2. The molecule has 0 aliphatic heterocycles. The van der Waals surface area contributed by atoms with E-state index in [2.05, 4.69) is 55.4 Å². The van der Waals surface area contributed by atoms with E-state index in [-0.39, 0.29) is 25.7 Å². The summed E-state index contributed by atoms with van der Waals surface area (Å²) in [7, 11) is -9.92. The fourth-order valence-corrected chi connectivity index (χ4v) is 13.9. The van der Waals surface area contributed by atoms with E-state index in [1.54, 1.807) is 0 Å². The van der Waals surface area contributed by atoms with Crippen molar-refractivity contribution in [3.8, 4) is 0 Å². The molecule has 0 aromatic heterocycles. The first-order chi connectivity index (χ1) is 48.2. The van der Waals surface area contributed by atoms with Crippen molar-refractivity contribution >= 4 is 39.5 Å². The zero-order valence-electron chi connectivity index (χ0n) is 65.8. The van der Waals surface area contributed by atoms with Crippen LogP contribution < -0.4 is 0 Å². The Balaban J connectivity index is 5.16. The largest absolute Gasteiger partial charge is 0.472 e. The molecule has 0 rings (SSSR count). The van der Waals surface area contributed by atoms with Crippen molar-refractivity contribution in [3.63, 3.8) is 0 Å². The van der Waals surface area contributed by atoms with E-state index in [9.17, 15) is 43.2 Å². The molecule has 17 nitrogen and oxygen atoms in total. The summed E-state index contributed by atoms with van der Waals surface area (Å²) >= 11 is 0. The third-order valence-corrected chi connectivity index (χ3v) is 21.4. The van der Waals surface area contributed by atoms with Gasteiger partial charge in [0.05, 0.1) is 26.4 Å². The van der Waals surface area contributed by atoms with Crippen LogP contribution in [0.15, 0.2) is 0 Å². The predicted octanol–water partition coefficient (Wildman–Crippen LogP) is 24.0. The van der Waals surface area contributed by atoms with Crippen LogP contribution in [0.3, 0.4) is 0 Å². The third kappa shape index (κ3) is 71.7. The van der Waals surface area contributed by atoms with Gasteiger partial charge in [0.1, 0.15) is 19.3 Å². The summed E-state index contributed by atoms with van der Waals surface area (Å²) in [6, 6.07) is 0. The highest BCUT2D eigenvalue weighted by Crippen LogP contribution is 2.45. The van der Waals surface area contributed by atoms with E-state index in [4.69, 9.17) is 37.0 Å². The molecule has 4 unspecified atom stereocenters. The lowest BCUT2D eigenvalue weighted by Gasteiger charge is -2.21. The van der Waals surface area contributed by atoms with Crippen LogP contribution in [-0.4, -0.2) is 96.7 Å². The summed E-state index contributed by atoms with van der Waals surface area (Å²) in [5.41, 5.74) is 0. The molecule has 100 heavy (non-hydrogen) atoms. The molecule has 0 amide bonds. The normalized spacial score (nSPS) is 14.6. The number of carbonyl (C=O) groups is 4. The van der Waals surface area contributed by atoms with Crippen LogP contribution in [0.5, 0.6) is 0 Å². The second-order valence-electron chi connectivity index (χ2n) is 30.6. The molecule has 19 heteroatoms. The van der Waals surface area contributed by atoms with Crippen LogP contribution in [0.1, 0.15) is 415 Å². The summed E-state index contributed by atoms with van der Waals surface area (Å²) < 4.78 is 68.6. The molecule has 0 saturated heterocycles. The molecular weight excluding hydrogens is 1310 g/mol. The molecule has 0 spiro atoms. The lowest BCUT2D eigenvalue weighted by Crippen LogP contribution is -2.30. The smallest absolute Gasteiger partial charge is 0.462 e. The van der Waals surface area contributed by atoms with Gasteiger partial charge in [-0.05, 0) is 49.4 Å². The topological polar surface area (TPSA) is 237 Å². The number of carbonyl (C=O) groups excluding carboxylic acids is 4. The monoisotopic (exact) mass is 1470 g/mol. The van der Waals surface area contributed by atoms with Gasteiger partial charge in [0, 0.05) is 25.7 Å². The van der Waals surface area contributed by atoms with Gasteiger partial charge in [-0.2, -0.15) is 0 Å². The second kappa shape index (κ2) is 70.1. The van der Waals surface area contributed by atoms with Gasteiger partial charge >= 0.3 is 39.5 Å². The Morgan fingerprint density at radius 1 is 0.280 bits per heavy atom. The van der Waals surface area contributed by atoms with Gasteiger partial charge in [-0.1, -0.05) is 364 Å². The molecule has 0 aliphatic carbocycles. The van der Waals surface area contributed by atoms with E-state index in [0.717, 1.165) is 120 Å². The van der Waals surface area contributed by atoms with Crippen molar-refractivity contribution < 1.29 is 80.2 Å². The SMILES string of the molecule is CCC(C)CCCCCCCCCCCCCCCCCCCCC(=O)O[C@H](COC(=O)CCCCCCCCC(C)CC)COP(=O)(O)OC[C@H](O)COP(=O)(O)OC[C@@H](COC(=O)CCCCCCCCCC(C)C)OC(=O)CCCCCCCCCCCCCCCCCC(C)C. The van der Waals surface area contributed by atoms with Crippen LogP contribution in [-0.2, 0) is 65.4 Å². The fraction of sp³-hybridized carbons (Fsp3) is 0.951. The number of unbranched alkanes of at least 4 members (excludes halogenated alkanes) is 42. The molecule has 3 N–H and O–H groups in total. The molecular formula is C81H158O17P2. The maximum Gasteiger partial charge on any atom is 0.472 e. The first-order valence-corrected chi connectivity index (χ1v) is 44.8. The zero-order valence-corrected chi connectivity index (χ0v) is 67.6. The molecule has 594 valence electrons. The summed E-state index contributed by atoms with van der Waals surface area (Å²) in [6.07, 6.45) is 57.1. The van der Waals surface area contributed by atoms with Crippen molar-refractivity contribution in [1.29, 1.82) is 0 Å². The minimum absolute atomic E-state index is 0.107. The van der Waals surface area contributed by atoms with Crippen LogP contribution in [0.25, 0.3) is 0 Å². The molecule has 0 radical (unpaired) electrons. The maximum absolute atomic E-state index is 13.1. The molecule has 0 fully saturated rings. The summed E-state index contributed by atoms with van der Waals surface area (Å²) in [4.78, 5) is 72.9. The standard InChI is InChI=1S/C81H158O17P2/c1-9-73(7)59-51-43-35-29-25-21-17-13-11-12-14-18-22-26-30-36-47-55-64-81(86)98-77(68-92-79(84)62-54-46-40-39-44-52-60-74(8)10-2)70-96-100(89,90)94-66-75(82)65-93-99(87,88)95-69-76(67-91-78(83)61-53-45-38-32-34-42-50-58-72(5)6)97-80(85)63-56-48-37-31-27-23-19-15-16-20-24-28-33-41-49-57-71(3)4/h71-77,82H,9-70H2,1-8H3,(H,87,88)(H,89,90)/t73?,74?,75-,76-,77-/m1/s1. The lowest BCUT2D eigenvalue weighted by molar-refractivity contribution is -0.161. The summed E-state index contributed by atoms with van der Waals surface area (Å²) in [5, 5.41) is 10.6. The number of hydrogen-bond donors (Lipinski definition) is 3. The zero-order chi connectivity index (χ0) is 73.8. The lowest BCUT2D eigenvalue weighted by atomic mass is 9.99. The van der Waals surface area contributed by atoms with E-state index >= 15 is 0 Å². The van der Waals surface area contributed by atoms with Crippen molar-refractivity contribution in [3.05, 3.63) is 0 Å². The number of ether oxygens (including phenoxy) is 4. The highest BCUT2D eigenvalue weighted by Gasteiger charge is 2.30. The number of aliphatic hydroxyl groups is 1. The number of phosphoric acid groups is 2. The maximum atomic E-state index is 13.1. The Morgan fingerprint density at radius 3 is 0.710 bits per heavy atom. The van der Waals surface area contributed by atoms with E-state index < -0.39 is 97.5 Å². The van der Waals surface area contributed by atoms with Crippen LogP contribution in [0.2, 0.25) is 0 Å². The Labute approximate surface area is 613 Å². The molecule has 0 heterocycles. The highest BCUT2D eigenvalue weighted by molar-refractivity contribution is 7.47. The van der Waals surface area contributed by atoms with Gasteiger partial charge in [-0.25, -0.2) is 9.13 Å². The fourth-order valence-electron chi connectivity index (χ4n) is 12.4.